The number of hydrogen-bond acceptors (Lipinski definition) is 8. The first kappa shape index (κ1) is 48.7. The Balaban J connectivity index is 1.25. The number of aldehydes is 1. The lowest BCUT2D eigenvalue weighted by atomic mass is 9.85. The number of nitrogens with one attached hydrogen (secondary N) is 2. The van der Waals surface area contributed by atoms with Gasteiger partial charge < -0.3 is 24.5 Å². The third kappa shape index (κ3) is 10.7. The number of methoxy groups -OCH3 is 1. The Hall–Kier alpha value is -5.77. The van der Waals surface area contributed by atoms with Crippen molar-refractivity contribution in [3.63, 3.8) is 0 Å². The third-order valence-corrected chi connectivity index (χ3v) is 13.9. The number of aromatic amines is 2. The van der Waals surface area contributed by atoms with Gasteiger partial charge in [0.2, 0.25) is 0 Å². The number of ether oxygens (including phenoxy) is 2. The summed E-state index contributed by atoms with van der Waals surface area (Å²) >= 11 is 0. The van der Waals surface area contributed by atoms with E-state index in [1.165, 1.54) is 57.6 Å². The van der Waals surface area contributed by atoms with E-state index in [0.717, 1.165) is 47.8 Å². The number of aryl methyl sites for hydroxylation is 1. The minimum atomic E-state index is -0.690. The van der Waals surface area contributed by atoms with Gasteiger partial charge in [-0.25, -0.2) is 14.8 Å². The molecule has 0 saturated heterocycles. The van der Waals surface area contributed by atoms with Gasteiger partial charge in [0.25, 0.3) is 0 Å². The molecule has 0 amide bonds. The highest BCUT2D eigenvalue weighted by Gasteiger charge is 2.39. The van der Waals surface area contributed by atoms with Gasteiger partial charge in [-0.2, -0.15) is 0 Å². The molecule has 4 aliphatic rings. The monoisotopic (exact) mass is 883 g/mol. The number of fused-ring (bicyclic) bond motifs is 8. The fourth-order valence-electron chi connectivity index (χ4n) is 9.86. The van der Waals surface area contributed by atoms with Gasteiger partial charge in [0.1, 0.15) is 17.9 Å². The molecule has 2 aromatic rings. The van der Waals surface area contributed by atoms with Crippen LogP contribution >= 0.6 is 0 Å². The zero-order valence-electron chi connectivity index (χ0n) is 40.2. The van der Waals surface area contributed by atoms with E-state index in [-0.39, 0.29) is 42.2 Å². The van der Waals surface area contributed by atoms with Crippen molar-refractivity contribution in [1.29, 1.82) is 0 Å². The van der Waals surface area contributed by atoms with Crippen molar-refractivity contribution >= 4 is 62.9 Å². The Morgan fingerprint density at radius 1 is 0.831 bits per heavy atom. The molecule has 8 bridgehead atoms. The van der Waals surface area contributed by atoms with E-state index >= 15 is 0 Å². The summed E-state index contributed by atoms with van der Waals surface area (Å²) in [5, 5.41) is 11.9. The van der Waals surface area contributed by atoms with Crippen molar-refractivity contribution in [2.24, 2.45) is 17.8 Å². The van der Waals surface area contributed by atoms with Crippen molar-refractivity contribution in [1.82, 2.24) is 19.9 Å². The number of carbonyl (C=O) groups is 3. The van der Waals surface area contributed by atoms with E-state index in [9.17, 15) is 19.5 Å². The van der Waals surface area contributed by atoms with Crippen LogP contribution in [0, 0.1) is 24.7 Å². The van der Waals surface area contributed by atoms with Gasteiger partial charge in [-0.1, -0.05) is 110 Å². The maximum Gasteiger partial charge on any atom is 0.342 e. The summed E-state index contributed by atoms with van der Waals surface area (Å²) in [6, 6.07) is 5.59. The van der Waals surface area contributed by atoms with Crippen LogP contribution in [0.2, 0.25) is 0 Å². The normalized spacial score (nSPS) is 17.4. The van der Waals surface area contributed by atoms with Crippen LogP contribution in [0.25, 0.3) is 44.7 Å². The minimum absolute atomic E-state index is 0.0300. The highest BCUT2D eigenvalue weighted by atomic mass is 16.5. The van der Waals surface area contributed by atoms with Crippen LogP contribution in [0.3, 0.4) is 0 Å². The topological polar surface area (TPSA) is 147 Å². The number of H-pyrrole nitrogens is 2. The fraction of sp³-hybridized carbons (Fsp3) is 0.473. The summed E-state index contributed by atoms with van der Waals surface area (Å²) in [5.41, 5.74) is 10.4. The number of esters is 2. The maximum absolute atomic E-state index is 13.6. The number of carbonyl (C=O) groups excluding carboxylic acids is 3. The zero-order chi connectivity index (χ0) is 47.1. The van der Waals surface area contributed by atoms with Crippen LogP contribution in [0.5, 0.6) is 0 Å². The summed E-state index contributed by atoms with van der Waals surface area (Å²) in [5.74, 6) is 0.648. The van der Waals surface area contributed by atoms with Crippen LogP contribution in [-0.2, 0) is 23.9 Å². The molecule has 4 unspecified atom stereocenters. The summed E-state index contributed by atoms with van der Waals surface area (Å²) in [6.45, 7) is 25.7. The van der Waals surface area contributed by atoms with Crippen molar-refractivity contribution in [2.45, 2.75) is 138 Å². The van der Waals surface area contributed by atoms with Crippen LogP contribution < -0.4 is 0 Å². The number of hydrogen-bond donors (Lipinski definition) is 3. The first-order chi connectivity index (χ1) is 31.1. The van der Waals surface area contributed by atoms with Crippen molar-refractivity contribution in [3.8, 4) is 0 Å². The standard InChI is InChI=1S/C55H70N4O6/c1-12-38-35(8)42-27-43-36(9)40(23-24-48(61)65-26-25-34(7)22-16-21-33(6)20-15-19-32(5)18-14-17-31(3)4)52(58-43)50-51(55(63)64-11)54(62)49-37(10)44(59-53(49)50)28-46-39(13-2)41(30-60)47(57-46)29-45(38)56-42/h12-13,25,27-33,36,40,58-59,62H,1-2,14-24,26H2,3-11H3. The molecule has 4 atom stereocenters. The van der Waals surface area contributed by atoms with E-state index < -0.39 is 5.97 Å². The average molecular weight is 883 g/mol. The molecule has 5 heterocycles. The second kappa shape index (κ2) is 21.5. The van der Waals surface area contributed by atoms with Gasteiger partial charge in [0.05, 0.1) is 35.4 Å². The highest BCUT2D eigenvalue weighted by Crippen LogP contribution is 2.49. The van der Waals surface area contributed by atoms with E-state index in [1.807, 2.05) is 32.1 Å². The van der Waals surface area contributed by atoms with Crippen molar-refractivity contribution < 1.29 is 29.0 Å². The molecule has 2 aromatic heterocycles. The number of aromatic nitrogens is 4. The van der Waals surface area contributed by atoms with Gasteiger partial charge in [-0.05, 0) is 93.2 Å². The van der Waals surface area contributed by atoms with E-state index in [4.69, 9.17) is 19.4 Å². The van der Waals surface area contributed by atoms with E-state index in [2.05, 4.69) is 64.7 Å². The van der Waals surface area contributed by atoms with Crippen LogP contribution in [0.1, 0.15) is 182 Å². The maximum atomic E-state index is 13.6. The Morgan fingerprint density at radius 2 is 1.46 bits per heavy atom. The lowest BCUT2D eigenvalue weighted by molar-refractivity contribution is -0.142. The molecule has 0 spiro atoms. The van der Waals surface area contributed by atoms with Gasteiger partial charge in [0.15, 0.2) is 6.29 Å². The molecule has 6 rings (SSSR count). The lowest BCUT2D eigenvalue weighted by Crippen LogP contribution is -2.12. The first-order valence-electron chi connectivity index (χ1n) is 23.7. The third-order valence-electron chi connectivity index (χ3n) is 13.9. The summed E-state index contributed by atoms with van der Waals surface area (Å²) in [4.78, 5) is 56.6. The molecule has 10 nitrogen and oxygen atoms in total. The van der Waals surface area contributed by atoms with E-state index in [0.29, 0.717) is 79.7 Å². The molecule has 10 heteroatoms. The van der Waals surface area contributed by atoms with Gasteiger partial charge in [-0.15, -0.1) is 0 Å². The largest absolute Gasteiger partial charge is 0.506 e. The molecule has 65 heavy (non-hydrogen) atoms. The Bertz CT molecular complexity index is 2540. The number of rotatable bonds is 21. The molecule has 3 N–H and O–H groups in total. The summed E-state index contributed by atoms with van der Waals surface area (Å²) < 4.78 is 11.0. The SMILES string of the molecule is C=CC1=C(C)c2cc3[nH]c(c4c5[nH]c(cc6nc(cc1n2)C(C=O)=C6C=C)c(C)c5C(O)=C4C(=O)OC)C(CCC(=O)OCC=C(C)CCCC(C)CCCC(C)CCCC(C)C)C3C. The van der Waals surface area contributed by atoms with Crippen LogP contribution in [0.4, 0.5) is 0 Å². The smallest absolute Gasteiger partial charge is 0.342 e. The molecule has 0 radical (unpaired) electrons. The van der Waals surface area contributed by atoms with Crippen molar-refractivity contribution in [2.75, 3.05) is 13.7 Å². The number of nitrogens with zero attached hydrogens (tertiary/aromatic N) is 2. The van der Waals surface area contributed by atoms with Gasteiger partial charge >= 0.3 is 11.9 Å². The molecular weight excluding hydrogens is 813 g/mol. The number of allylic oxidation sites excluding steroid dienone is 7. The average Bonchev–Trinajstić information content (AvgIpc) is 4.02. The number of aliphatic hydroxyl groups excluding tert-OH is 1. The molecule has 0 fully saturated rings. The lowest BCUT2D eigenvalue weighted by Gasteiger charge is -2.18. The molecular formula is C55H70N4O6. The molecule has 1 aliphatic carbocycles. The van der Waals surface area contributed by atoms with Crippen LogP contribution in [0.15, 0.2) is 55.2 Å². The predicted octanol–water partition coefficient (Wildman–Crippen LogP) is 13.3. The Labute approximate surface area is 385 Å². The first-order valence-corrected chi connectivity index (χ1v) is 23.7. The summed E-state index contributed by atoms with van der Waals surface area (Å²) in [6.07, 6.45) is 17.9. The highest BCUT2D eigenvalue weighted by molar-refractivity contribution is 6.30. The van der Waals surface area contributed by atoms with E-state index in [1.54, 1.807) is 18.2 Å². The Kier molecular flexibility index (Phi) is 16.1. The molecule has 3 aliphatic heterocycles. The fourth-order valence-corrected chi connectivity index (χ4v) is 9.86. The van der Waals surface area contributed by atoms with Gasteiger partial charge in [-0.3, -0.25) is 9.59 Å². The van der Waals surface area contributed by atoms with Crippen molar-refractivity contribution in [3.05, 3.63) is 106 Å². The minimum Gasteiger partial charge on any atom is -0.506 e. The Morgan fingerprint density at radius 3 is 2.11 bits per heavy atom. The molecule has 0 saturated carbocycles. The quantitative estimate of drug-likeness (QED) is 0.0638. The second-order valence-electron chi connectivity index (χ2n) is 19.1. The molecule has 346 valence electrons. The zero-order valence-corrected chi connectivity index (χ0v) is 40.2. The predicted molar refractivity (Wildman–Crippen MR) is 264 cm³/mol. The second-order valence-corrected chi connectivity index (χ2v) is 19.1. The summed E-state index contributed by atoms with van der Waals surface area (Å²) in [7, 11) is 1.29. The van der Waals surface area contributed by atoms with Gasteiger partial charge in [0, 0.05) is 63.0 Å². The molecule has 0 aromatic carbocycles. The number of aliphatic hydroxyl groups is 1. The van der Waals surface area contributed by atoms with Crippen LogP contribution in [-0.4, -0.2) is 57.0 Å².